The average molecular weight is 288 g/mol. The molecule has 7 nitrogen and oxygen atoms in total. The number of carbonyl (C=O) groups excluding carboxylic acids is 1. The molecule has 2 rings (SSSR count). The van der Waals surface area contributed by atoms with Crippen molar-refractivity contribution in [1.82, 2.24) is 9.78 Å². The van der Waals surface area contributed by atoms with Crippen molar-refractivity contribution in [2.45, 2.75) is 20.3 Å². The van der Waals surface area contributed by atoms with Crippen LogP contribution >= 0.6 is 0 Å². The highest BCUT2D eigenvalue weighted by atomic mass is 16.6. The number of anilines is 1. The molecule has 21 heavy (non-hydrogen) atoms. The lowest BCUT2D eigenvalue weighted by atomic mass is 10.1. The Bertz CT molecular complexity index is 689. The maximum Gasteiger partial charge on any atom is 0.322 e. The van der Waals surface area contributed by atoms with E-state index in [0.717, 1.165) is 12.0 Å². The zero-order chi connectivity index (χ0) is 15.6. The summed E-state index contributed by atoms with van der Waals surface area (Å²) in [5.41, 5.74) is 1.63. The zero-order valence-electron chi connectivity index (χ0n) is 12.1. The van der Waals surface area contributed by atoms with Crippen LogP contribution in [0.1, 0.15) is 28.7 Å². The van der Waals surface area contributed by atoms with Gasteiger partial charge in [-0.25, -0.2) is 0 Å². The van der Waals surface area contributed by atoms with Crippen molar-refractivity contribution in [2.24, 2.45) is 7.05 Å². The van der Waals surface area contributed by atoms with E-state index in [2.05, 4.69) is 10.4 Å². The van der Waals surface area contributed by atoms with Gasteiger partial charge < -0.3 is 5.32 Å². The van der Waals surface area contributed by atoms with Crippen molar-refractivity contribution in [3.8, 4) is 0 Å². The molecule has 0 aliphatic carbocycles. The highest BCUT2D eigenvalue weighted by Gasteiger charge is 2.29. The van der Waals surface area contributed by atoms with Gasteiger partial charge in [-0.05, 0) is 31.0 Å². The van der Waals surface area contributed by atoms with E-state index in [0.29, 0.717) is 5.69 Å². The Kier molecular flexibility index (Phi) is 4.02. The van der Waals surface area contributed by atoms with Crippen LogP contribution in [0.3, 0.4) is 0 Å². The molecule has 0 unspecified atom stereocenters. The maximum atomic E-state index is 12.3. The first-order valence-electron chi connectivity index (χ1n) is 6.52. The molecule has 0 fully saturated rings. The van der Waals surface area contributed by atoms with Gasteiger partial charge in [0.15, 0.2) is 0 Å². The number of carbonyl (C=O) groups is 1. The molecule has 0 atom stereocenters. The number of aryl methyl sites for hydroxylation is 3. The number of nitrogens with zero attached hydrogens (tertiary/aromatic N) is 3. The third-order valence-corrected chi connectivity index (χ3v) is 3.21. The first-order valence-corrected chi connectivity index (χ1v) is 6.52. The molecule has 1 N–H and O–H groups in total. The molecular weight excluding hydrogens is 272 g/mol. The first kappa shape index (κ1) is 14.7. The van der Waals surface area contributed by atoms with Gasteiger partial charge in [0, 0.05) is 12.7 Å². The molecule has 7 heteroatoms. The van der Waals surface area contributed by atoms with Gasteiger partial charge in [-0.1, -0.05) is 19.1 Å². The SMILES string of the molecule is CCc1ccc(NC(=O)c2c([N+](=O)[O-])c(C)nn2C)cc1. The summed E-state index contributed by atoms with van der Waals surface area (Å²) >= 11 is 0. The fourth-order valence-corrected chi connectivity index (χ4v) is 2.13. The summed E-state index contributed by atoms with van der Waals surface area (Å²) in [7, 11) is 1.51. The Morgan fingerprint density at radius 3 is 2.52 bits per heavy atom. The summed E-state index contributed by atoms with van der Waals surface area (Å²) in [6.45, 7) is 3.54. The van der Waals surface area contributed by atoms with Crippen molar-refractivity contribution in [1.29, 1.82) is 0 Å². The van der Waals surface area contributed by atoms with Crippen LogP contribution in [0, 0.1) is 17.0 Å². The van der Waals surface area contributed by atoms with E-state index in [-0.39, 0.29) is 17.1 Å². The van der Waals surface area contributed by atoms with Crippen molar-refractivity contribution in [2.75, 3.05) is 5.32 Å². The topological polar surface area (TPSA) is 90.1 Å². The largest absolute Gasteiger partial charge is 0.322 e. The zero-order valence-corrected chi connectivity index (χ0v) is 12.1. The third kappa shape index (κ3) is 2.91. The summed E-state index contributed by atoms with van der Waals surface area (Å²) < 4.78 is 1.23. The molecule has 0 saturated heterocycles. The van der Waals surface area contributed by atoms with Gasteiger partial charge in [0.2, 0.25) is 5.69 Å². The minimum atomic E-state index is -0.586. The quantitative estimate of drug-likeness (QED) is 0.691. The van der Waals surface area contributed by atoms with Crippen LogP contribution in [0.25, 0.3) is 0 Å². The Morgan fingerprint density at radius 1 is 1.38 bits per heavy atom. The summed E-state index contributed by atoms with van der Waals surface area (Å²) in [4.78, 5) is 22.7. The van der Waals surface area contributed by atoms with Crippen molar-refractivity contribution >= 4 is 17.3 Å². The highest BCUT2D eigenvalue weighted by molar-refractivity contribution is 6.06. The fraction of sp³-hybridized carbons (Fsp3) is 0.286. The van der Waals surface area contributed by atoms with E-state index in [1.165, 1.54) is 18.7 Å². The predicted molar refractivity (Wildman–Crippen MR) is 78.4 cm³/mol. The fourth-order valence-electron chi connectivity index (χ4n) is 2.13. The molecule has 0 saturated carbocycles. The van der Waals surface area contributed by atoms with Crippen LogP contribution in [-0.4, -0.2) is 20.6 Å². The van der Waals surface area contributed by atoms with Crippen LogP contribution in [0.2, 0.25) is 0 Å². The molecule has 1 aromatic heterocycles. The predicted octanol–water partition coefficient (Wildman–Crippen LogP) is 2.45. The molecule has 0 radical (unpaired) electrons. The van der Waals surface area contributed by atoms with Crippen LogP contribution in [0.4, 0.5) is 11.4 Å². The van der Waals surface area contributed by atoms with Gasteiger partial charge in [0.1, 0.15) is 5.69 Å². The van der Waals surface area contributed by atoms with Gasteiger partial charge in [0.25, 0.3) is 5.91 Å². The van der Waals surface area contributed by atoms with Crippen LogP contribution < -0.4 is 5.32 Å². The lowest BCUT2D eigenvalue weighted by molar-refractivity contribution is -0.385. The lowest BCUT2D eigenvalue weighted by Crippen LogP contribution is -2.17. The van der Waals surface area contributed by atoms with Crippen molar-refractivity contribution < 1.29 is 9.72 Å². The van der Waals surface area contributed by atoms with Crippen LogP contribution in [0.15, 0.2) is 24.3 Å². The number of benzene rings is 1. The first-order chi connectivity index (χ1) is 9.93. The second-order valence-electron chi connectivity index (χ2n) is 4.67. The van der Waals surface area contributed by atoms with Gasteiger partial charge in [0.05, 0.1) is 4.92 Å². The molecule has 110 valence electrons. The van der Waals surface area contributed by atoms with E-state index < -0.39 is 10.8 Å². The average Bonchev–Trinajstić information content (AvgIpc) is 2.74. The Balaban J connectivity index is 2.30. The summed E-state index contributed by atoms with van der Waals surface area (Å²) in [6, 6.07) is 7.34. The van der Waals surface area contributed by atoms with Gasteiger partial charge in [-0.15, -0.1) is 0 Å². The molecule has 0 aliphatic heterocycles. The third-order valence-electron chi connectivity index (χ3n) is 3.21. The number of amides is 1. The number of nitro groups is 1. The summed E-state index contributed by atoms with van der Waals surface area (Å²) in [5.74, 6) is -0.547. The normalized spacial score (nSPS) is 10.4. The highest BCUT2D eigenvalue weighted by Crippen LogP contribution is 2.23. The Labute approximate surface area is 121 Å². The number of rotatable bonds is 4. The maximum absolute atomic E-state index is 12.3. The van der Waals surface area contributed by atoms with Gasteiger partial charge >= 0.3 is 5.69 Å². The smallest absolute Gasteiger partial charge is 0.320 e. The minimum absolute atomic E-state index is 0.0583. The van der Waals surface area contributed by atoms with E-state index in [1.807, 2.05) is 19.1 Å². The second kappa shape index (κ2) is 5.74. The molecule has 1 aromatic carbocycles. The summed E-state index contributed by atoms with van der Waals surface area (Å²) in [5, 5.41) is 17.7. The standard InChI is InChI=1S/C14H16N4O3/c1-4-10-5-7-11(8-6-10)15-14(19)13-12(18(20)21)9(2)16-17(13)3/h5-8H,4H2,1-3H3,(H,15,19). The molecule has 0 aliphatic rings. The molecule has 1 amide bonds. The molecule has 1 heterocycles. The molecular formula is C14H16N4O3. The van der Waals surface area contributed by atoms with Crippen molar-refractivity contribution in [3.63, 3.8) is 0 Å². The summed E-state index contributed by atoms with van der Waals surface area (Å²) in [6.07, 6.45) is 0.903. The number of aromatic nitrogens is 2. The molecule has 2 aromatic rings. The monoisotopic (exact) mass is 288 g/mol. The second-order valence-corrected chi connectivity index (χ2v) is 4.67. The van der Waals surface area contributed by atoms with E-state index in [9.17, 15) is 14.9 Å². The van der Waals surface area contributed by atoms with Crippen molar-refractivity contribution in [3.05, 3.63) is 51.3 Å². The molecule has 0 bridgehead atoms. The Hall–Kier alpha value is -2.70. The minimum Gasteiger partial charge on any atom is -0.320 e. The van der Waals surface area contributed by atoms with E-state index >= 15 is 0 Å². The van der Waals surface area contributed by atoms with Gasteiger partial charge in [-0.2, -0.15) is 5.10 Å². The van der Waals surface area contributed by atoms with Crippen LogP contribution in [0.5, 0.6) is 0 Å². The van der Waals surface area contributed by atoms with Gasteiger partial charge in [-0.3, -0.25) is 19.6 Å². The Morgan fingerprint density at radius 2 is 2.00 bits per heavy atom. The number of nitrogens with one attached hydrogen (secondary N) is 1. The van der Waals surface area contributed by atoms with E-state index in [4.69, 9.17) is 0 Å². The van der Waals surface area contributed by atoms with E-state index in [1.54, 1.807) is 12.1 Å². The molecule has 0 spiro atoms. The number of hydrogen-bond acceptors (Lipinski definition) is 4. The lowest BCUT2D eigenvalue weighted by Gasteiger charge is -2.06. The number of hydrogen-bond donors (Lipinski definition) is 1. The van der Waals surface area contributed by atoms with Crippen LogP contribution in [-0.2, 0) is 13.5 Å².